The minimum atomic E-state index is -1.06. The van der Waals surface area contributed by atoms with Crippen molar-refractivity contribution in [3.63, 3.8) is 0 Å². The standard InChI is InChI=1S/C12H18N2O4S/c1-3-18-6-4-5-10(15)13-8(2)11-14-9(7-19-11)12(16)17/h7-8H,3-6H2,1-2H3,(H,13,15)(H,16,17). The molecule has 0 saturated carbocycles. The fourth-order valence-electron chi connectivity index (χ4n) is 1.44. The summed E-state index contributed by atoms with van der Waals surface area (Å²) in [4.78, 5) is 26.3. The van der Waals surface area contributed by atoms with Crippen LogP contribution in [0, 0.1) is 0 Å². The summed E-state index contributed by atoms with van der Waals surface area (Å²) in [5.74, 6) is -1.14. The zero-order chi connectivity index (χ0) is 14.3. The lowest BCUT2D eigenvalue weighted by molar-refractivity contribution is -0.122. The van der Waals surface area contributed by atoms with Crippen LogP contribution in [0.15, 0.2) is 5.38 Å². The normalized spacial score (nSPS) is 12.1. The van der Waals surface area contributed by atoms with Gasteiger partial charge in [0.15, 0.2) is 5.69 Å². The number of rotatable bonds is 8. The molecule has 0 aliphatic carbocycles. The molecule has 0 bridgehead atoms. The SMILES string of the molecule is CCOCCCC(=O)NC(C)c1nc(C(=O)O)cs1. The zero-order valence-corrected chi connectivity index (χ0v) is 11.8. The first-order chi connectivity index (χ1) is 9.04. The summed E-state index contributed by atoms with van der Waals surface area (Å²) in [5, 5.41) is 13.6. The van der Waals surface area contributed by atoms with Gasteiger partial charge in [0.05, 0.1) is 6.04 Å². The molecule has 1 aromatic rings. The van der Waals surface area contributed by atoms with Crippen LogP contribution in [-0.2, 0) is 9.53 Å². The van der Waals surface area contributed by atoms with Crippen LogP contribution in [0.2, 0.25) is 0 Å². The summed E-state index contributed by atoms with van der Waals surface area (Å²) in [6, 6.07) is -0.280. The van der Waals surface area contributed by atoms with E-state index in [2.05, 4.69) is 10.3 Å². The van der Waals surface area contributed by atoms with Gasteiger partial charge in [-0.1, -0.05) is 0 Å². The van der Waals surface area contributed by atoms with E-state index in [0.29, 0.717) is 31.1 Å². The number of nitrogens with zero attached hydrogens (tertiary/aromatic N) is 1. The van der Waals surface area contributed by atoms with E-state index in [1.165, 1.54) is 16.7 Å². The Morgan fingerprint density at radius 3 is 2.89 bits per heavy atom. The van der Waals surface area contributed by atoms with Crippen molar-refractivity contribution in [1.82, 2.24) is 10.3 Å². The highest BCUT2D eigenvalue weighted by atomic mass is 32.1. The fraction of sp³-hybridized carbons (Fsp3) is 0.583. The Hall–Kier alpha value is -1.47. The van der Waals surface area contributed by atoms with Crippen LogP contribution in [-0.4, -0.2) is 35.2 Å². The summed E-state index contributed by atoms with van der Waals surface area (Å²) < 4.78 is 5.15. The molecular formula is C12H18N2O4S. The second-order valence-electron chi connectivity index (χ2n) is 3.97. The molecule has 7 heteroatoms. The number of aromatic carboxylic acids is 1. The first-order valence-corrected chi connectivity index (χ1v) is 6.98. The second-order valence-corrected chi connectivity index (χ2v) is 4.86. The van der Waals surface area contributed by atoms with Gasteiger partial charge in [-0.15, -0.1) is 11.3 Å². The van der Waals surface area contributed by atoms with Crippen LogP contribution in [0.1, 0.15) is 48.2 Å². The van der Waals surface area contributed by atoms with Crippen LogP contribution >= 0.6 is 11.3 Å². The average molecular weight is 286 g/mol. The van der Waals surface area contributed by atoms with Crippen LogP contribution in [0.5, 0.6) is 0 Å². The Balaban J connectivity index is 2.38. The summed E-state index contributed by atoms with van der Waals surface area (Å²) in [6.07, 6.45) is 1.06. The molecule has 2 N–H and O–H groups in total. The molecule has 19 heavy (non-hydrogen) atoms. The Bertz CT molecular complexity index is 433. The number of carbonyl (C=O) groups is 2. The number of aromatic nitrogens is 1. The van der Waals surface area contributed by atoms with Gasteiger partial charge >= 0.3 is 5.97 Å². The van der Waals surface area contributed by atoms with Crippen molar-refractivity contribution in [2.45, 2.75) is 32.7 Å². The quantitative estimate of drug-likeness (QED) is 0.712. The number of thiazole rings is 1. The molecule has 0 aliphatic rings. The zero-order valence-electron chi connectivity index (χ0n) is 11.0. The first-order valence-electron chi connectivity index (χ1n) is 6.10. The average Bonchev–Trinajstić information content (AvgIpc) is 2.84. The molecule has 106 valence electrons. The molecule has 0 radical (unpaired) electrons. The highest BCUT2D eigenvalue weighted by molar-refractivity contribution is 7.09. The molecule has 0 spiro atoms. The van der Waals surface area contributed by atoms with E-state index in [9.17, 15) is 9.59 Å². The van der Waals surface area contributed by atoms with Gasteiger partial charge < -0.3 is 15.2 Å². The minimum absolute atomic E-state index is 0.0115. The number of ether oxygens (including phenoxy) is 1. The molecule has 1 unspecified atom stereocenters. The van der Waals surface area contributed by atoms with Gasteiger partial charge in [0, 0.05) is 25.0 Å². The number of carbonyl (C=O) groups excluding carboxylic acids is 1. The van der Waals surface area contributed by atoms with E-state index in [0.717, 1.165) is 0 Å². The molecule has 1 atom stereocenters. The number of carboxylic acid groups (broad SMARTS) is 1. The Labute approximate surface area is 115 Å². The van der Waals surface area contributed by atoms with E-state index in [1.807, 2.05) is 6.92 Å². The number of amides is 1. The van der Waals surface area contributed by atoms with Gasteiger partial charge in [-0.25, -0.2) is 9.78 Å². The third-order valence-corrected chi connectivity index (χ3v) is 3.41. The van der Waals surface area contributed by atoms with Crippen molar-refractivity contribution in [2.24, 2.45) is 0 Å². The van der Waals surface area contributed by atoms with Crippen molar-refractivity contribution in [3.8, 4) is 0 Å². The van der Waals surface area contributed by atoms with E-state index < -0.39 is 5.97 Å². The van der Waals surface area contributed by atoms with Gasteiger partial charge in [0.1, 0.15) is 5.01 Å². The molecule has 1 heterocycles. The molecule has 0 aliphatic heterocycles. The van der Waals surface area contributed by atoms with Crippen molar-refractivity contribution in [1.29, 1.82) is 0 Å². The summed E-state index contributed by atoms with van der Waals surface area (Å²) >= 11 is 1.23. The largest absolute Gasteiger partial charge is 0.476 e. The van der Waals surface area contributed by atoms with Gasteiger partial charge in [0.25, 0.3) is 0 Å². The Morgan fingerprint density at radius 1 is 1.58 bits per heavy atom. The van der Waals surface area contributed by atoms with Gasteiger partial charge in [-0.2, -0.15) is 0 Å². The minimum Gasteiger partial charge on any atom is -0.476 e. The van der Waals surface area contributed by atoms with E-state index in [-0.39, 0.29) is 17.6 Å². The first kappa shape index (κ1) is 15.6. The third kappa shape index (κ3) is 5.35. The molecule has 0 aromatic carbocycles. The summed E-state index contributed by atoms with van der Waals surface area (Å²) in [6.45, 7) is 4.91. The highest BCUT2D eigenvalue weighted by Gasteiger charge is 2.15. The molecule has 0 fully saturated rings. The van der Waals surface area contributed by atoms with Crippen molar-refractivity contribution < 1.29 is 19.4 Å². The number of hydrogen-bond acceptors (Lipinski definition) is 5. The van der Waals surface area contributed by atoms with Crippen LogP contribution in [0.3, 0.4) is 0 Å². The lowest BCUT2D eigenvalue weighted by Gasteiger charge is -2.11. The number of nitrogens with one attached hydrogen (secondary N) is 1. The van der Waals surface area contributed by atoms with Gasteiger partial charge in [-0.3, -0.25) is 4.79 Å². The van der Waals surface area contributed by atoms with Crippen molar-refractivity contribution >= 4 is 23.2 Å². The Kier molecular flexibility index (Phi) is 6.44. The highest BCUT2D eigenvalue weighted by Crippen LogP contribution is 2.18. The lowest BCUT2D eigenvalue weighted by atomic mass is 10.2. The Morgan fingerprint density at radius 2 is 2.32 bits per heavy atom. The van der Waals surface area contributed by atoms with Crippen LogP contribution < -0.4 is 5.32 Å². The second kappa shape index (κ2) is 7.85. The summed E-state index contributed by atoms with van der Waals surface area (Å²) in [7, 11) is 0. The molecule has 1 rings (SSSR count). The summed E-state index contributed by atoms with van der Waals surface area (Å²) in [5.41, 5.74) is 0.0115. The van der Waals surface area contributed by atoms with Gasteiger partial charge in [-0.05, 0) is 20.3 Å². The molecule has 1 aromatic heterocycles. The number of hydrogen-bond donors (Lipinski definition) is 2. The van der Waals surface area contributed by atoms with E-state index in [1.54, 1.807) is 6.92 Å². The predicted octanol–water partition coefficient (Wildman–Crippen LogP) is 1.84. The topological polar surface area (TPSA) is 88.5 Å². The third-order valence-electron chi connectivity index (χ3n) is 2.39. The van der Waals surface area contributed by atoms with E-state index >= 15 is 0 Å². The lowest BCUT2D eigenvalue weighted by Crippen LogP contribution is -2.26. The van der Waals surface area contributed by atoms with Crippen LogP contribution in [0.4, 0.5) is 0 Å². The monoisotopic (exact) mass is 286 g/mol. The van der Waals surface area contributed by atoms with Crippen LogP contribution in [0.25, 0.3) is 0 Å². The van der Waals surface area contributed by atoms with Crippen molar-refractivity contribution in [2.75, 3.05) is 13.2 Å². The van der Waals surface area contributed by atoms with E-state index in [4.69, 9.17) is 9.84 Å². The van der Waals surface area contributed by atoms with Crippen molar-refractivity contribution in [3.05, 3.63) is 16.1 Å². The molecule has 0 saturated heterocycles. The number of carboxylic acids is 1. The predicted molar refractivity (Wildman–Crippen MR) is 71.4 cm³/mol. The molecule has 6 nitrogen and oxygen atoms in total. The van der Waals surface area contributed by atoms with Gasteiger partial charge in [0.2, 0.25) is 5.91 Å². The smallest absolute Gasteiger partial charge is 0.355 e. The fourth-order valence-corrected chi connectivity index (χ4v) is 2.24. The maximum absolute atomic E-state index is 11.6. The maximum Gasteiger partial charge on any atom is 0.355 e. The molecular weight excluding hydrogens is 268 g/mol. The molecule has 1 amide bonds. The maximum atomic E-state index is 11.6.